The van der Waals surface area contributed by atoms with Gasteiger partial charge in [-0.25, -0.2) is 9.38 Å². The Labute approximate surface area is 210 Å². The van der Waals surface area contributed by atoms with Crippen molar-refractivity contribution in [3.05, 3.63) is 94.7 Å². The van der Waals surface area contributed by atoms with E-state index < -0.39 is 5.25 Å². The molecule has 2 amide bonds. The molecule has 0 aromatic heterocycles. The van der Waals surface area contributed by atoms with Gasteiger partial charge in [-0.1, -0.05) is 64.1 Å². The Kier molecular flexibility index (Phi) is 8.13. The highest BCUT2D eigenvalue weighted by Gasteiger charge is 2.35. The molecule has 1 heterocycles. The van der Waals surface area contributed by atoms with E-state index in [0.717, 1.165) is 17.3 Å². The van der Waals surface area contributed by atoms with Gasteiger partial charge < -0.3 is 5.32 Å². The van der Waals surface area contributed by atoms with E-state index in [9.17, 15) is 14.0 Å². The minimum atomic E-state index is -0.615. The van der Waals surface area contributed by atoms with Gasteiger partial charge in [0, 0.05) is 23.1 Å². The van der Waals surface area contributed by atoms with Gasteiger partial charge in [-0.2, -0.15) is 0 Å². The van der Waals surface area contributed by atoms with Crippen molar-refractivity contribution < 1.29 is 14.0 Å². The first-order valence-electron chi connectivity index (χ1n) is 10.9. The van der Waals surface area contributed by atoms with Gasteiger partial charge in [0.25, 0.3) is 0 Å². The summed E-state index contributed by atoms with van der Waals surface area (Å²) < 4.78 is 14.2. The van der Waals surface area contributed by atoms with Gasteiger partial charge in [-0.15, -0.1) is 0 Å². The first-order chi connectivity index (χ1) is 16.5. The van der Waals surface area contributed by atoms with Crippen molar-refractivity contribution in [3.8, 4) is 0 Å². The third kappa shape index (κ3) is 6.55. The highest BCUT2D eigenvalue weighted by Crippen LogP contribution is 2.30. The molecule has 1 unspecified atom stereocenters. The second-order valence-corrected chi connectivity index (χ2v) is 9.90. The Balaban J connectivity index is 1.51. The number of halogens is 2. The van der Waals surface area contributed by atoms with Crippen LogP contribution in [0.15, 0.2) is 88.3 Å². The summed E-state index contributed by atoms with van der Waals surface area (Å²) in [6.45, 7) is 0.487. The maximum atomic E-state index is 13.4. The lowest BCUT2D eigenvalue weighted by atomic mass is 10.1. The number of anilines is 1. The Hall–Kier alpha value is -2.97. The van der Waals surface area contributed by atoms with Crippen LogP contribution in [0.2, 0.25) is 0 Å². The molecule has 1 atom stereocenters. The average Bonchev–Trinajstić information content (AvgIpc) is 2.82. The number of benzene rings is 3. The number of rotatable bonds is 7. The summed E-state index contributed by atoms with van der Waals surface area (Å²) in [7, 11) is 0. The van der Waals surface area contributed by atoms with Crippen molar-refractivity contribution in [2.24, 2.45) is 4.99 Å². The van der Waals surface area contributed by atoms with Crippen molar-refractivity contribution in [2.75, 3.05) is 11.9 Å². The van der Waals surface area contributed by atoms with Gasteiger partial charge in [0.1, 0.15) is 11.1 Å². The van der Waals surface area contributed by atoms with Crippen LogP contribution in [0.4, 0.5) is 15.8 Å². The third-order valence-corrected chi connectivity index (χ3v) is 6.95. The lowest BCUT2D eigenvalue weighted by molar-refractivity contribution is -0.129. The molecule has 174 valence electrons. The quantitative estimate of drug-likeness (QED) is 0.389. The smallest absolute Gasteiger partial charge is 0.238 e. The predicted octanol–water partition coefficient (Wildman–Crippen LogP) is 6.18. The monoisotopic (exact) mass is 539 g/mol. The van der Waals surface area contributed by atoms with Crippen molar-refractivity contribution in [1.29, 1.82) is 0 Å². The van der Waals surface area contributed by atoms with Crippen molar-refractivity contribution in [2.45, 2.75) is 24.5 Å². The van der Waals surface area contributed by atoms with E-state index in [1.165, 1.54) is 29.5 Å². The Morgan fingerprint density at radius 3 is 2.59 bits per heavy atom. The number of nitrogens with zero attached hydrogens (tertiary/aromatic N) is 2. The van der Waals surface area contributed by atoms with Crippen molar-refractivity contribution in [1.82, 2.24) is 4.90 Å². The van der Waals surface area contributed by atoms with Gasteiger partial charge in [0.05, 0.1) is 5.69 Å². The lowest BCUT2D eigenvalue weighted by Crippen LogP contribution is -2.45. The fourth-order valence-electron chi connectivity index (χ4n) is 3.56. The molecular weight excluding hydrogens is 517 g/mol. The summed E-state index contributed by atoms with van der Waals surface area (Å²) >= 11 is 4.65. The highest BCUT2D eigenvalue weighted by atomic mass is 79.9. The maximum Gasteiger partial charge on any atom is 0.238 e. The molecule has 4 rings (SSSR count). The summed E-state index contributed by atoms with van der Waals surface area (Å²) in [5.41, 5.74) is 2.37. The molecule has 1 aliphatic heterocycles. The number of amides is 2. The Bertz CT molecular complexity index is 1190. The number of carbonyl (C=O) groups is 2. The summed E-state index contributed by atoms with van der Waals surface area (Å²) in [6, 6.07) is 23.1. The predicted molar refractivity (Wildman–Crippen MR) is 139 cm³/mol. The first-order valence-corrected chi connectivity index (χ1v) is 12.6. The van der Waals surface area contributed by atoms with Crippen LogP contribution in [0.5, 0.6) is 0 Å². The molecule has 0 bridgehead atoms. The number of carbonyl (C=O) groups excluding carboxylic acids is 2. The number of nitrogens with one attached hydrogen (secondary N) is 1. The zero-order chi connectivity index (χ0) is 23.9. The number of thioether (sulfide) groups is 1. The molecule has 34 heavy (non-hydrogen) atoms. The summed E-state index contributed by atoms with van der Waals surface area (Å²) in [5.74, 6) is -0.767. The fourth-order valence-corrected chi connectivity index (χ4v) is 5.09. The summed E-state index contributed by atoms with van der Waals surface area (Å²) in [4.78, 5) is 32.3. The third-order valence-electron chi connectivity index (χ3n) is 5.27. The van der Waals surface area contributed by atoms with Crippen LogP contribution < -0.4 is 5.32 Å². The molecule has 8 heteroatoms. The first kappa shape index (κ1) is 24.2. The molecule has 0 saturated carbocycles. The number of hydrogen-bond acceptors (Lipinski definition) is 4. The van der Waals surface area contributed by atoms with Gasteiger partial charge in [-0.05, 0) is 60.9 Å². The van der Waals surface area contributed by atoms with Crippen LogP contribution in [0, 0.1) is 5.82 Å². The fraction of sp³-hybridized carbons (Fsp3) is 0.192. The molecule has 0 radical (unpaired) electrons. The van der Waals surface area contributed by atoms with Crippen molar-refractivity contribution in [3.63, 3.8) is 0 Å². The Morgan fingerprint density at radius 2 is 1.85 bits per heavy atom. The second-order valence-electron chi connectivity index (χ2n) is 7.82. The van der Waals surface area contributed by atoms with Crippen LogP contribution in [-0.4, -0.2) is 33.7 Å². The molecule has 3 aromatic rings. The lowest BCUT2D eigenvalue weighted by Gasteiger charge is -2.32. The van der Waals surface area contributed by atoms with E-state index in [4.69, 9.17) is 0 Å². The van der Waals surface area contributed by atoms with Crippen LogP contribution in [0.1, 0.15) is 18.4 Å². The standard InChI is InChI=1S/C26H23BrFN3O2S/c27-19-9-4-10-22(16-19)29-25(33)23-17-24(32)31(15-5-8-18-6-2-1-3-7-18)26(34-23)30-21-13-11-20(28)12-14-21/h1-4,6-7,9-14,16,23H,5,8,15,17H2,(H,29,33). The van der Waals surface area contributed by atoms with Crippen LogP contribution >= 0.6 is 27.7 Å². The summed E-state index contributed by atoms with van der Waals surface area (Å²) in [5, 5.41) is 2.71. The Morgan fingerprint density at radius 1 is 1.09 bits per heavy atom. The number of amidine groups is 1. The van der Waals surface area contributed by atoms with E-state index in [1.54, 1.807) is 29.2 Å². The van der Waals surface area contributed by atoms with Crippen LogP contribution in [-0.2, 0) is 16.0 Å². The van der Waals surface area contributed by atoms with Gasteiger partial charge in [-0.3, -0.25) is 14.5 Å². The molecule has 1 N–H and O–H groups in total. The zero-order valence-electron chi connectivity index (χ0n) is 18.3. The van der Waals surface area contributed by atoms with E-state index in [0.29, 0.717) is 23.1 Å². The van der Waals surface area contributed by atoms with Crippen LogP contribution in [0.25, 0.3) is 0 Å². The normalized spacial score (nSPS) is 17.1. The van der Waals surface area contributed by atoms with Gasteiger partial charge in [0.2, 0.25) is 11.8 Å². The summed E-state index contributed by atoms with van der Waals surface area (Å²) in [6.07, 6.45) is 1.66. The minimum absolute atomic E-state index is 0.0816. The largest absolute Gasteiger partial charge is 0.325 e. The van der Waals surface area contributed by atoms with Gasteiger partial charge >= 0.3 is 0 Å². The molecule has 0 spiro atoms. The molecule has 1 fully saturated rings. The number of aryl methyl sites for hydroxylation is 1. The molecule has 5 nitrogen and oxygen atoms in total. The zero-order valence-corrected chi connectivity index (χ0v) is 20.7. The SMILES string of the molecule is O=C(Nc1cccc(Br)c1)C1CC(=O)N(CCCc2ccccc2)C(=Nc2ccc(F)cc2)S1. The number of aliphatic imine (C=N–C) groups is 1. The molecule has 3 aromatic carbocycles. The van der Waals surface area contributed by atoms with E-state index in [-0.39, 0.29) is 24.1 Å². The van der Waals surface area contributed by atoms with E-state index >= 15 is 0 Å². The average molecular weight is 540 g/mol. The molecule has 1 aliphatic rings. The topological polar surface area (TPSA) is 61.8 Å². The molecule has 1 saturated heterocycles. The van der Waals surface area contributed by atoms with E-state index in [1.807, 2.05) is 30.3 Å². The molecule has 0 aliphatic carbocycles. The van der Waals surface area contributed by atoms with E-state index in [2.05, 4.69) is 38.4 Å². The van der Waals surface area contributed by atoms with Crippen molar-refractivity contribution >= 4 is 56.0 Å². The molecular formula is C26H23BrFN3O2S. The maximum absolute atomic E-state index is 13.4. The van der Waals surface area contributed by atoms with Gasteiger partial charge in [0.15, 0.2) is 5.17 Å². The van der Waals surface area contributed by atoms with Crippen LogP contribution in [0.3, 0.4) is 0 Å². The number of hydrogen-bond donors (Lipinski definition) is 1. The minimum Gasteiger partial charge on any atom is -0.325 e. The highest BCUT2D eigenvalue weighted by molar-refractivity contribution is 9.10. The second kappa shape index (κ2) is 11.4.